The molecule has 3 unspecified atom stereocenters. The van der Waals surface area contributed by atoms with Crippen molar-refractivity contribution in [2.45, 2.75) is 57.8 Å². The first-order valence-corrected chi connectivity index (χ1v) is 7.64. The highest BCUT2D eigenvalue weighted by Crippen LogP contribution is 2.44. The maximum Gasteiger partial charge on any atom is 0.391 e. The molecule has 0 spiro atoms. The molecule has 0 saturated heterocycles. The lowest BCUT2D eigenvalue weighted by Gasteiger charge is -2.34. The summed E-state index contributed by atoms with van der Waals surface area (Å²) in [6, 6.07) is -0.437. The molecule has 120 valence electrons. The van der Waals surface area contributed by atoms with Gasteiger partial charge in [-0.1, -0.05) is 18.0 Å². The Balaban J connectivity index is 2.20. The highest BCUT2D eigenvalue weighted by molar-refractivity contribution is 6.31. The fourth-order valence-electron chi connectivity index (χ4n) is 3.15. The van der Waals surface area contributed by atoms with Gasteiger partial charge in [0.1, 0.15) is 0 Å². The first kappa shape index (κ1) is 16.6. The average molecular weight is 324 g/mol. The number of rotatable bonds is 3. The number of hydrogen-bond donors (Lipinski definition) is 1. The van der Waals surface area contributed by atoms with Crippen LogP contribution in [0.1, 0.15) is 57.3 Å². The summed E-state index contributed by atoms with van der Waals surface area (Å²) in [4.78, 5) is 0. The number of nitrogens with two attached hydrogens (primary N) is 1. The zero-order chi connectivity index (χ0) is 15.8. The maximum absolute atomic E-state index is 12.9. The van der Waals surface area contributed by atoms with E-state index in [1.54, 1.807) is 4.68 Å². The van der Waals surface area contributed by atoms with E-state index in [4.69, 9.17) is 17.3 Å². The first-order chi connectivity index (χ1) is 9.71. The monoisotopic (exact) mass is 323 g/mol. The lowest BCUT2D eigenvalue weighted by molar-refractivity contribution is -0.186. The molecule has 21 heavy (non-hydrogen) atoms. The van der Waals surface area contributed by atoms with Gasteiger partial charge in [0.05, 0.1) is 28.9 Å². The zero-order valence-corrected chi connectivity index (χ0v) is 13.0. The fourth-order valence-corrected chi connectivity index (χ4v) is 3.40. The van der Waals surface area contributed by atoms with Crippen LogP contribution in [0.15, 0.2) is 6.20 Å². The SMILES string of the molecule is CC(C)n1ncc(Cl)c1C(N)C1CCCC(C(F)(F)F)C1. The van der Waals surface area contributed by atoms with Gasteiger partial charge in [-0.3, -0.25) is 4.68 Å². The van der Waals surface area contributed by atoms with Crippen molar-refractivity contribution in [2.75, 3.05) is 0 Å². The molecule has 0 aromatic carbocycles. The van der Waals surface area contributed by atoms with Crippen LogP contribution in [0.2, 0.25) is 5.02 Å². The van der Waals surface area contributed by atoms with Crippen molar-refractivity contribution in [3.63, 3.8) is 0 Å². The predicted octanol–water partition coefficient (Wildman–Crippen LogP) is 4.49. The number of aromatic nitrogens is 2. The van der Waals surface area contributed by atoms with Gasteiger partial charge in [0.25, 0.3) is 0 Å². The quantitative estimate of drug-likeness (QED) is 0.891. The van der Waals surface area contributed by atoms with Gasteiger partial charge in [0, 0.05) is 6.04 Å². The zero-order valence-electron chi connectivity index (χ0n) is 12.2. The normalized spacial score (nSPS) is 25.3. The van der Waals surface area contributed by atoms with Crippen LogP contribution in [-0.4, -0.2) is 16.0 Å². The minimum absolute atomic E-state index is 0.0700. The van der Waals surface area contributed by atoms with Gasteiger partial charge in [-0.2, -0.15) is 18.3 Å². The molecule has 1 heterocycles. The maximum atomic E-state index is 12.9. The van der Waals surface area contributed by atoms with Crippen molar-refractivity contribution in [2.24, 2.45) is 17.6 Å². The van der Waals surface area contributed by atoms with Crippen LogP contribution < -0.4 is 5.73 Å². The lowest BCUT2D eigenvalue weighted by Crippen LogP contribution is -2.34. The van der Waals surface area contributed by atoms with Crippen LogP contribution in [0.25, 0.3) is 0 Å². The molecule has 7 heteroatoms. The molecule has 1 aromatic heterocycles. The van der Waals surface area contributed by atoms with Crippen LogP contribution in [-0.2, 0) is 0 Å². The second-order valence-corrected chi connectivity index (χ2v) is 6.51. The second kappa shape index (κ2) is 6.16. The summed E-state index contributed by atoms with van der Waals surface area (Å²) >= 11 is 6.14. The Labute approximate surface area is 127 Å². The largest absolute Gasteiger partial charge is 0.391 e. The van der Waals surface area contributed by atoms with E-state index < -0.39 is 18.1 Å². The Morgan fingerprint density at radius 3 is 2.62 bits per heavy atom. The predicted molar refractivity (Wildman–Crippen MR) is 76.1 cm³/mol. The highest BCUT2D eigenvalue weighted by Gasteiger charge is 2.43. The average Bonchev–Trinajstić information content (AvgIpc) is 2.79. The van der Waals surface area contributed by atoms with Crippen molar-refractivity contribution in [3.05, 3.63) is 16.9 Å². The Hall–Kier alpha value is -0.750. The van der Waals surface area contributed by atoms with E-state index in [1.807, 2.05) is 13.8 Å². The summed E-state index contributed by atoms with van der Waals surface area (Å²) < 4.78 is 40.5. The van der Waals surface area contributed by atoms with Gasteiger partial charge in [-0.15, -0.1) is 0 Å². The van der Waals surface area contributed by atoms with Gasteiger partial charge < -0.3 is 5.73 Å². The molecule has 1 aliphatic carbocycles. The van der Waals surface area contributed by atoms with Gasteiger partial charge in [-0.25, -0.2) is 0 Å². The standard InChI is InChI=1S/C14H21ClF3N3/c1-8(2)21-13(11(15)7-20-21)12(19)9-4-3-5-10(6-9)14(16,17)18/h7-10,12H,3-6,19H2,1-2H3. The van der Waals surface area contributed by atoms with E-state index in [2.05, 4.69) is 5.10 Å². The summed E-state index contributed by atoms with van der Waals surface area (Å²) in [6.07, 6.45) is -1.10. The van der Waals surface area contributed by atoms with Crippen LogP contribution in [0, 0.1) is 11.8 Å². The summed E-state index contributed by atoms with van der Waals surface area (Å²) in [7, 11) is 0. The Kier molecular flexibility index (Phi) is 4.88. The van der Waals surface area contributed by atoms with E-state index >= 15 is 0 Å². The first-order valence-electron chi connectivity index (χ1n) is 7.27. The van der Waals surface area contributed by atoms with E-state index in [9.17, 15) is 13.2 Å². The molecule has 0 amide bonds. The molecule has 2 N–H and O–H groups in total. The molecule has 2 rings (SSSR count). The molecule has 1 fully saturated rings. The van der Waals surface area contributed by atoms with Crippen LogP contribution in [0.4, 0.5) is 13.2 Å². The molecule has 0 aliphatic heterocycles. The summed E-state index contributed by atoms with van der Waals surface area (Å²) in [5.41, 5.74) is 6.90. The van der Waals surface area contributed by atoms with Gasteiger partial charge in [-0.05, 0) is 39.0 Å². The Morgan fingerprint density at radius 2 is 2.05 bits per heavy atom. The molecular formula is C14H21ClF3N3. The van der Waals surface area contributed by atoms with Gasteiger partial charge in [0.2, 0.25) is 0 Å². The van der Waals surface area contributed by atoms with E-state index in [1.165, 1.54) is 6.20 Å². The summed E-state index contributed by atoms with van der Waals surface area (Å²) in [5.74, 6) is -1.46. The molecule has 1 saturated carbocycles. The minimum atomic E-state index is -4.14. The molecule has 0 bridgehead atoms. The third-order valence-corrected chi connectivity index (χ3v) is 4.57. The topological polar surface area (TPSA) is 43.8 Å². The van der Waals surface area contributed by atoms with Crippen molar-refractivity contribution >= 4 is 11.6 Å². The number of nitrogens with zero attached hydrogens (tertiary/aromatic N) is 2. The number of halogens is 4. The molecule has 1 aliphatic rings. The van der Waals surface area contributed by atoms with Crippen molar-refractivity contribution in [1.82, 2.24) is 9.78 Å². The summed E-state index contributed by atoms with van der Waals surface area (Å²) in [6.45, 7) is 3.89. The smallest absolute Gasteiger partial charge is 0.322 e. The molecule has 0 radical (unpaired) electrons. The van der Waals surface area contributed by atoms with E-state index in [-0.39, 0.29) is 24.8 Å². The van der Waals surface area contributed by atoms with Crippen molar-refractivity contribution < 1.29 is 13.2 Å². The lowest BCUT2D eigenvalue weighted by atomic mass is 9.77. The molecule has 1 aromatic rings. The molecular weight excluding hydrogens is 303 g/mol. The van der Waals surface area contributed by atoms with Crippen LogP contribution in [0.5, 0.6) is 0 Å². The third kappa shape index (κ3) is 3.54. The van der Waals surface area contributed by atoms with E-state index in [0.717, 1.165) is 0 Å². The second-order valence-electron chi connectivity index (χ2n) is 6.11. The van der Waals surface area contributed by atoms with Crippen LogP contribution >= 0.6 is 11.6 Å². The van der Waals surface area contributed by atoms with Gasteiger partial charge >= 0.3 is 6.18 Å². The Bertz CT molecular complexity index is 484. The number of hydrogen-bond acceptors (Lipinski definition) is 2. The number of alkyl halides is 3. The van der Waals surface area contributed by atoms with Crippen molar-refractivity contribution in [3.8, 4) is 0 Å². The highest BCUT2D eigenvalue weighted by atomic mass is 35.5. The molecule has 3 nitrogen and oxygen atoms in total. The van der Waals surface area contributed by atoms with Crippen molar-refractivity contribution in [1.29, 1.82) is 0 Å². The Morgan fingerprint density at radius 1 is 1.38 bits per heavy atom. The van der Waals surface area contributed by atoms with Gasteiger partial charge in [0.15, 0.2) is 0 Å². The minimum Gasteiger partial charge on any atom is -0.322 e. The molecule has 3 atom stereocenters. The summed E-state index contributed by atoms with van der Waals surface area (Å²) in [5, 5.41) is 4.62. The third-order valence-electron chi connectivity index (χ3n) is 4.28. The van der Waals surface area contributed by atoms with Crippen LogP contribution in [0.3, 0.4) is 0 Å². The fraction of sp³-hybridized carbons (Fsp3) is 0.786. The van der Waals surface area contributed by atoms with E-state index in [0.29, 0.717) is 23.6 Å².